The first-order valence-electron chi connectivity index (χ1n) is 8.88. The molecule has 0 amide bonds. The Labute approximate surface area is 155 Å². The molecule has 3 rings (SSSR count). The predicted molar refractivity (Wildman–Crippen MR) is 104 cm³/mol. The highest BCUT2D eigenvalue weighted by molar-refractivity contribution is 7.92. The topological polar surface area (TPSA) is 73.2 Å². The lowest BCUT2D eigenvalue weighted by atomic mass is 10.1. The van der Waals surface area contributed by atoms with Gasteiger partial charge in [0.15, 0.2) is 0 Å². The molecule has 1 aliphatic rings. The van der Waals surface area contributed by atoms with Gasteiger partial charge in [-0.3, -0.25) is 4.72 Å². The van der Waals surface area contributed by atoms with Gasteiger partial charge in [0.05, 0.1) is 21.8 Å². The quantitative estimate of drug-likeness (QED) is 0.882. The molecule has 5 nitrogen and oxygen atoms in total. The van der Waals surface area contributed by atoms with E-state index in [9.17, 15) is 13.7 Å². The maximum Gasteiger partial charge on any atom is 0.261 e. The van der Waals surface area contributed by atoms with Crippen LogP contribution in [-0.4, -0.2) is 21.5 Å². The van der Waals surface area contributed by atoms with Gasteiger partial charge in [0, 0.05) is 13.1 Å². The molecule has 0 unspecified atom stereocenters. The standard InChI is InChI=1S/C20H23N3O2S/c1-16-6-9-19(10-7-16)26(24,25)22-18-8-11-20(17(14-18)15-21)23-12-4-2-3-5-13-23/h6-11,14,22H,2-5,12-13H2,1H3. The van der Waals surface area contributed by atoms with Crippen molar-refractivity contribution in [2.75, 3.05) is 22.7 Å². The number of anilines is 2. The summed E-state index contributed by atoms with van der Waals surface area (Å²) in [7, 11) is -3.67. The Hall–Kier alpha value is -2.52. The zero-order valence-corrected chi connectivity index (χ0v) is 15.7. The van der Waals surface area contributed by atoms with Gasteiger partial charge in [0.25, 0.3) is 10.0 Å². The van der Waals surface area contributed by atoms with E-state index in [1.807, 2.05) is 13.0 Å². The van der Waals surface area contributed by atoms with Crippen LogP contribution in [0.1, 0.15) is 36.8 Å². The van der Waals surface area contributed by atoms with Crippen molar-refractivity contribution in [1.82, 2.24) is 0 Å². The van der Waals surface area contributed by atoms with Crippen LogP contribution in [0.5, 0.6) is 0 Å². The first-order chi connectivity index (χ1) is 12.5. The number of nitrogens with zero attached hydrogens (tertiary/aromatic N) is 2. The molecule has 0 saturated carbocycles. The Morgan fingerprint density at radius 1 is 1.00 bits per heavy atom. The monoisotopic (exact) mass is 369 g/mol. The zero-order chi connectivity index (χ0) is 18.6. The van der Waals surface area contributed by atoms with Gasteiger partial charge in [-0.1, -0.05) is 30.5 Å². The average molecular weight is 369 g/mol. The van der Waals surface area contributed by atoms with Crippen molar-refractivity contribution in [2.24, 2.45) is 0 Å². The lowest BCUT2D eigenvalue weighted by Gasteiger charge is -2.24. The first-order valence-corrected chi connectivity index (χ1v) is 10.4. The highest BCUT2D eigenvalue weighted by Gasteiger charge is 2.17. The number of aryl methyl sites for hydroxylation is 1. The SMILES string of the molecule is Cc1ccc(S(=O)(=O)Nc2ccc(N3CCCCCC3)c(C#N)c2)cc1. The summed E-state index contributed by atoms with van der Waals surface area (Å²) in [5.74, 6) is 0. The maximum absolute atomic E-state index is 12.5. The second-order valence-corrected chi connectivity index (χ2v) is 8.35. The minimum atomic E-state index is -3.67. The molecule has 2 aromatic carbocycles. The lowest BCUT2D eigenvalue weighted by molar-refractivity contribution is 0.601. The van der Waals surface area contributed by atoms with E-state index in [1.165, 1.54) is 12.8 Å². The molecular weight excluding hydrogens is 346 g/mol. The van der Waals surface area contributed by atoms with Crippen LogP contribution in [0.25, 0.3) is 0 Å². The van der Waals surface area contributed by atoms with Crippen molar-refractivity contribution < 1.29 is 8.42 Å². The van der Waals surface area contributed by atoms with E-state index in [-0.39, 0.29) is 4.90 Å². The fraction of sp³-hybridized carbons (Fsp3) is 0.350. The Morgan fingerprint density at radius 2 is 1.65 bits per heavy atom. The second-order valence-electron chi connectivity index (χ2n) is 6.66. The van der Waals surface area contributed by atoms with Crippen LogP contribution in [0.2, 0.25) is 0 Å². The number of nitrogens with one attached hydrogen (secondary N) is 1. The van der Waals surface area contributed by atoms with Gasteiger partial charge in [-0.25, -0.2) is 8.42 Å². The largest absolute Gasteiger partial charge is 0.370 e. The summed E-state index contributed by atoms with van der Waals surface area (Å²) in [6, 6.07) is 14.1. The predicted octanol–water partition coefficient (Wildman–Crippen LogP) is 4.05. The summed E-state index contributed by atoms with van der Waals surface area (Å²) in [5, 5.41) is 9.54. The molecule has 0 aromatic heterocycles. The average Bonchev–Trinajstić information content (AvgIpc) is 2.91. The first kappa shape index (κ1) is 18.3. The third kappa shape index (κ3) is 4.17. The third-order valence-corrected chi connectivity index (χ3v) is 6.04. The Morgan fingerprint density at radius 3 is 2.27 bits per heavy atom. The Kier molecular flexibility index (Phi) is 5.48. The summed E-state index contributed by atoms with van der Waals surface area (Å²) < 4.78 is 27.7. The number of hydrogen-bond donors (Lipinski definition) is 1. The van der Waals surface area contributed by atoms with Gasteiger partial charge >= 0.3 is 0 Å². The molecular formula is C20H23N3O2S. The van der Waals surface area contributed by atoms with Crippen LogP contribution < -0.4 is 9.62 Å². The van der Waals surface area contributed by atoms with Gasteiger partial charge in [-0.05, 0) is 50.1 Å². The molecule has 0 bridgehead atoms. The van der Waals surface area contributed by atoms with Gasteiger partial charge in [-0.2, -0.15) is 5.26 Å². The van der Waals surface area contributed by atoms with E-state index in [0.717, 1.165) is 37.2 Å². The van der Waals surface area contributed by atoms with Gasteiger partial charge in [0.2, 0.25) is 0 Å². The van der Waals surface area contributed by atoms with Crippen molar-refractivity contribution in [1.29, 1.82) is 5.26 Å². The molecule has 1 heterocycles. The van der Waals surface area contributed by atoms with Crippen molar-refractivity contribution in [3.63, 3.8) is 0 Å². The van der Waals surface area contributed by atoms with Crippen LogP contribution in [0, 0.1) is 18.3 Å². The van der Waals surface area contributed by atoms with Gasteiger partial charge in [-0.15, -0.1) is 0 Å². The molecule has 136 valence electrons. The van der Waals surface area contributed by atoms with E-state index >= 15 is 0 Å². The fourth-order valence-electron chi connectivity index (χ4n) is 3.21. The highest BCUT2D eigenvalue weighted by atomic mass is 32.2. The highest BCUT2D eigenvalue weighted by Crippen LogP contribution is 2.27. The molecule has 6 heteroatoms. The van der Waals surface area contributed by atoms with E-state index in [2.05, 4.69) is 15.7 Å². The summed E-state index contributed by atoms with van der Waals surface area (Å²) in [5.41, 5.74) is 2.78. The molecule has 2 aromatic rings. The molecule has 0 atom stereocenters. The number of benzene rings is 2. The minimum Gasteiger partial charge on any atom is -0.370 e. The number of sulfonamides is 1. The molecule has 1 saturated heterocycles. The molecule has 0 radical (unpaired) electrons. The Balaban J connectivity index is 1.85. The lowest BCUT2D eigenvalue weighted by Crippen LogP contribution is -2.24. The third-order valence-electron chi connectivity index (χ3n) is 4.65. The van der Waals surface area contributed by atoms with E-state index < -0.39 is 10.0 Å². The molecule has 26 heavy (non-hydrogen) atoms. The number of rotatable bonds is 4. The van der Waals surface area contributed by atoms with Crippen LogP contribution in [-0.2, 0) is 10.0 Å². The molecule has 1 aliphatic heterocycles. The van der Waals surface area contributed by atoms with E-state index in [1.54, 1.807) is 36.4 Å². The van der Waals surface area contributed by atoms with Crippen molar-refractivity contribution in [2.45, 2.75) is 37.5 Å². The van der Waals surface area contributed by atoms with Crippen molar-refractivity contribution in [3.8, 4) is 6.07 Å². The van der Waals surface area contributed by atoms with E-state index in [4.69, 9.17) is 0 Å². The zero-order valence-electron chi connectivity index (χ0n) is 14.9. The normalized spacial score (nSPS) is 15.2. The van der Waals surface area contributed by atoms with Gasteiger partial charge in [0.1, 0.15) is 6.07 Å². The van der Waals surface area contributed by atoms with Crippen LogP contribution in [0.4, 0.5) is 11.4 Å². The van der Waals surface area contributed by atoms with E-state index in [0.29, 0.717) is 11.3 Å². The summed E-state index contributed by atoms with van der Waals surface area (Å²) in [6.45, 7) is 3.77. The summed E-state index contributed by atoms with van der Waals surface area (Å²) in [4.78, 5) is 2.43. The molecule has 0 aliphatic carbocycles. The van der Waals surface area contributed by atoms with Crippen LogP contribution in [0.3, 0.4) is 0 Å². The molecule has 1 N–H and O–H groups in total. The minimum absolute atomic E-state index is 0.207. The van der Waals surface area contributed by atoms with Crippen molar-refractivity contribution in [3.05, 3.63) is 53.6 Å². The second kappa shape index (κ2) is 7.79. The molecule has 1 fully saturated rings. The maximum atomic E-state index is 12.5. The Bertz CT molecular complexity index is 907. The molecule has 0 spiro atoms. The smallest absolute Gasteiger partial charge is 0.261 e. The fourth-order valence-corrected chi connectivity index (χ4v) is 4.26. The van der Waals surface area contributed by atoms with Crippen LogP contribution in [0.15, 0.2) is 47.4 Å². The van der Waals surface area contributed by atoms with Gasteiger partial charge < -0.3 is 4.90 Å². The number of nitriles is 1. The summed E-state index contributed by atoms with van der Waals surface area (Å²) >= 11 is 0. The number of hydrogen-bond acceptors (Lipinski definition) is 4. The van der Waals surface area contributed by atoms with Crippen LogP contribution >= 0.6 is 0 Å². The summed E-state index contributed by atoms with van der Waals surface area (Å²) in [6.07, 6.45) is 4.67. The van der Waals surface area contributed by atoms with Crippen molar-refractivity contribution >= 4 is 21.4 Å².